The standard InChI is InChI=1S/C8H6F3S/c1-6-2-4-7(5-3-6)12-8(9,10)11/h2-5H,1H2. The van der Waals surface area contributed by atoms with Crippen molar-refractivity contribution in [2.75, 3.05) is 0 Å². The Morgan fingerprint density at radius 2 is 1.58 bits per heavy atom. The van der Waals surface area contributed by atoms with Crippen LogP contribution in [0.15, 0.2) is 29.2 Å². The lowest BCUT2D eigenvalue weighted by Crippen LogP contribution is -1.98. The van der Waals surface area contributed by atoms with Gasteiger partial charge in [-0.25, -0.2) is 0 Å². The number of hydrogen-bond donors (Lipinski definition) is 0. The Bertz CT molecular complexity index is 250. The molecule has 0 nitrogen and oxygen atoms in total. The summed E-state index contributed by atoms with van der Waals surface area (Å²) in [6.45, 7) is 3.57. The molecule has 1 aromatic carbocycles. The Morgan fingerprint density at radius 1 is 1.08 bits per heavy atom. The average molecular weight is 191 g/mol. The number of halogens is 3. The number of benzene rings is 1. The first kappa shape index (κ1) is 9.45. The zero-order valence-electron chi connectivity index (χ0n) is 6.06. The molecule has 0 atom stereocenters. The fraction of sp³-hybridized carbons (Fsp3) is 0.125. The second-order valence-corrected chi connectivity index (χ2v) is 3.33. The van der Waals surface area contributed by atoms with Crippen LogP contribution >= 0.6 is 11.8 Å². The molecule has 65 valence electrons. The Kier molecular flexibility index (Phi) is 2.67. The van der Waals surface area contributed by atoms with Crippen LogP contribution in [0.25, 0.3) is 0 Å². The topological polar surface area (TPSA) is 0 Å². The van der Waals surface area contributed by atoms with Crippen LogP contribution in [0.4, 0.5) is 13.2 Å². The van der Waals surface area contributed by atoms with E-state index in [2.05, 4.69) is 6.92 Å². The van der Waals surface area contributed by atoms with Gasteiger partial charge in [0.25, 0.3) is 0 Å². The molecule has 4 heteroatoms. The summed E-state index contributed by atoms with van der Waals surface area (Å²) >= 11 is -0.118. The second kappa shape index (κ2) is 3.39. The van der Waals surface area contributed by atoms with E-state index in [4.69, 9.17) is 0 Å². The van der Waals surface area contributed by atoms with Gasteiger partial charge in [-0.05, 0) is 36.4 Å². The predicted molar refractivity (Wildman–Crippen MR) is 42.8 cm³/mol. The quantitative estimate of drug-likeness (QED) is 0.612. The third kappa shape index (κ3) is 3.17. The molecule has 0 amide bonds. The van der Waals surface area contributed by atoms with Gasteiger partial charge in [0.1, 0.15) is 0 Å². The van der Waals surface area contributed by atoms with Gasteiger partial charge in [-0.15, -0.1) is 0 Å². The van der Waals surface area contributed by atoms with Crippen molar-refractivity contribution in [2.45, 2.75) is 10.4 Å². The Labute approximate surface area is 72.8 Å². The lowest BCUT2D eigenvalue weighted by molar-refractivity contribution is -0.0328. The van der Waals surface area contributed by atoms with Crippen LogP contribution in [0.2, 0.25) is 0 Å². The highest BCUT2D eigenvalue weighted by molar-refractivity contribution is 8.00. The molecule has 0 saturated carbocycles. The Balaban J connectivity index is 2.71. The molecule has 12 heavy (non-hydrogen) atoms. The number of thioether (sulfide) groups is 1. The van der Waals surface area contributed by atoms with Crippen LogP contribution in [-0.4, -0.2) is 5.51 Å². The number of rotatable bonds is 1. The molecule has 0 aliphatic heterocycles. The molecule has 1 radical (unpaired) electrons. The zero-order valence-corrected chi connectivity index (χ0v) is 6.88. The summed E-state index contributed by atoms with van der Waals surface area (Å²) in [4.78, 5) is 0.190. The fourth-order valence-corrected chi connectivity index (χ4v) is 1.23. The summed E-state index contributed by atoms with van der Waals surface area (Å²) < 4.78 is 35.4. The van der Waals surface area contributed by atoms with Gasteiger partial charge in [0.2, 0.25) is 0 Å². The van der Waals surface area contributed by atoms with Gasteiger partial charge in [0.15, 0.2) is 0 Å². The third-order valence-corrected chi connectivity index (χ3v) is 1.90. The average Bonchev–Trinajstić information content (AvgIpc) is 1.91. The smallest absolute Gasteiger partial charge is 0.160 e. The van der Waals surface area contributed by atoms with Crippen LogP contribution < -0.4 is 0 Å². The van der Waals surface area contributed by atoms with Crippen molar-refractivity contribution in [3.05, 3.63) is 36.8 Å². The first-order valence-electron chi connectivity index (χ1n) is 3.15. The van der Waals surface area contributed by atoms with E-state index in [1.54, 1.807) is 12.1 Å². The van der Waals surface area contributed by atoms with Crippen molar-refractivity contribution in [3.63, 3.8) is 0 Å². The molecular formula is C8H6F3S. The summed E-state index contributed by atoms with van der Waals surface area (Å²) in [7, 11) is 0. The van der Waals surface area contributed by atoms with Gasteiger partial charge in [0, 0.05) is 4.90 Å². The van der Waals surface area contributed by atoms with E-state index in [9.17, 15) is 13.2 Å². The fourth-order valence-electron chi connectivity index (χ4n) is 0.691. The molecule has 0 fully saturated rings. The van der Waals surface area contributed by atoms with E-state index >= 15 is 0 Å². The van der Waals surface area contributed by atoms with E-state index < -0.39 is 5.51 Å². The van der Waals surface area contributed by atoms with Gasteiger partial charge < -0.3 is 0 Å². The summed E-state index contributed by atoms with van der Waals surface area (Å²) in [5.74, 6) is 0. The molecule has 0 aromatic heterocycles. The van der Waals surface area contributed by atoms with Crippen LogP contribution in [0, 0.1) is 6.92 Å². The van der Waals surface area contributed by atoms with Crippen molar-refractivity contribution in [1.29, 1.82) is 0 Å². The van der Waals surface area contributed by atoms with E-state index in [1.165, 1.54) is 12.1 Å². The van der Waals surface area contributed by atoms with Crippen LogP contribution in [-0.2, 0) is 0 Å². The predicted octanol–water partition coefficient (Wildman–Crippen LogP) is 3.48. The van der Waals surface area contributed by atoms with E-state index in [0.717, 1.165) is 0 Å². The van der Waals surface area contributed by atoms with Gasteiger partial charge in [0.05, 0.1) is 0 Å². The third-order valence-electron chi connectivity index (χ3n) is 1.16. The maximum Gasteiger partial charge on any atom is 0.446 e. The first-order valence-corrected chi connectivity index (χ1v) is 3.97. The molecule has 0 saturated heterocycles. The molecule has 1 aromatic rings. The molecule has 0 aliphatic rings. The molecule has 0 N–H and O–H groups in total. The minimum atomic E-state index is -4.21. The van der Waals surface area contributed by atoms with Gasteiger partial charge >= 0.3 is 5.51 Å². The second-order valence-electron chi connectivity index (χ2n) is 2.19. The van der Waals surface area contributed by atoms with Crippen molar-refractivity contribution in [2.24, 2.45) is 0 Å². The van der Waals surface area contributed by atoms with Crippen molar-refractivity contribution in [3.8, 4) is 0 Å². The molecule has 0 aliphatic carbocycles. The van der Waals surface area contributed by atoms with Gasteiger partial charge in [-0.3, -0.25) is 0 Å². The van der Waals surface area contributed by atoms with Crippen molar-refractivity contribution in [1.82, 2.24) is 0 Å². The monoisotopic (exact) mass is 191 g/mol. The lowest BCUT2D eigenvalue weighted by atomic mass is 10.2. The summed E-state index contributed by atoms with van der Waals surface area (Å²) in [5.41, 5.74) is -3.50. The summed E-state index contributed by atoms with van der Waals surface area (Å²) in [5, 5.41) is 0. The Morgan fingerprint density at radius 3 is 2.00 bits per heavy atom. The van der Waals surface area contributed by atoms with E-state index in [-0.39, 0.29) is 16.7 Å². The lowest BCUT2D eigenvalue weighted by Gasteiger charge is -2.04. The maximum atomic E-state index is 11.8. The van der Waals surface area contributed by atoms with Gasteiger partial charge in [-0.1, -0.05) is 12.1 Å². The molecule has 0 bridgehead atoms. The summed E-state index contributed by atoms with van der Waals surface area (Å²) in [6, 6.07) is 5.91. The Hall–Kier alpha value is -0.640. The largest absolute Gasteiger partial charge is 0.446 e. The number of hydrogen-bond acceptors (Lipinski definition) is 1. The van der Waals surface area contributed by atoms with Crippen molar-refractivity contribution < 1.29 is 13.2 Å². The van der Waals surface area contributed by atoms with E-state index in [0.29, 0.717) is 5.56 Å². The number of alkyl halides is 3. The highest BCUT2D eigenvalue weighted by Gasteiger charge is 2.28. The molecule has 1 rings (SSSR count). The first-order chi connectivity index (χ1) is 5.47. The van der Waals surface area contributed by atoms with Crippen LogP contribution in [0.1, 0.15) is 5.56 Å². The maximum absolute atomic E-state index is 11.8. The highest BCUT2D eigenvalue weighted by atomic mass is 32.2. The molecule has 0 spiro atoms. The van der Waals surface area contributed by atoms with Gasteiger partial charge in [-0.2, -0.15) is 13.2 Å². The zero-order chi connectivity index (χ0) is 9.19. The highest BCUT2D eigenvalue weighted by Crippen LogP contribution is 2.36. The van der Waals surface area contributed by atoms with Crippen LogP contribution in [0.5, 0.6) is 0 Å². The van der Waals surface area contributed by atoms with E-state index in [1.807, 2.05) is 0 Å². The summed E-state index contributed by atoms with van der Waals surface area (Å²) in [6.07, 6.45) is 0. The van der Waals surface area contributed by atoms with Crippen LogP contribution in [0.3, 0.4) is 0 Å². The normalized spacial score (nSPS) is 11.7. The molecule has 0 unspecified atom stereocenters. The minimum absolute atomic E-state index is 0.118. The SMILES string of the molecule is [CH2]c1ccc(SC(F)(F)F)cc1. The molecule has 0 heterocycles. The van der Waals surface area contributed by atoms with Crippen molar-refractivity contribution >= 4 is 11.8 Å². The molecular weight excluding hydrogens is 185 g/mol. The minimum Gasteiger partial charge on any atom is -0.160 e.